The first-order valence-electron chi connectivity index (χ1n) is 9.97. The van der Waals surface area contributed by atoms with E-state index in [0.29, 0.717) is 16.9 Å². The molecule has 0 saturated carbocycles. The molecule has 0 aliphatic carbocycles. The van der Waals surface area contributed by atoms with E-state index in [2.05, 4.69) is 17.0 Å². The lowest BCUT2D eigenvalue weighted by Gasteiger charge is -2.10. The summed E-state index contributed by atoms with van der Waals surface area (Å²) < 4.78 is 27.7. The fraction of sp³-hybridized carbons (Fsp3) is 0.208. The van der Waals surface area contributed by atoms with Crippen LogP contribution in [0.1, 0.15) is 41.3 Å². The number of rotatable bonds is 8. The van der Waals surface area contributed by atoms with Crippen LogP contribution in [0.25, 0.3) is 0 Å². The van der Waals surface area contributed by atoms with E-state index in [4.69, 9.17) is 0 Å². The number of hydrogen-bond donors (Lipinski definition) is 2. The van der Waals surface area contributed by atoms with Crippen LogP contribution in [0.5, 0.6) is 0 Å². The molecule has 1 amide bonds. The van der Waals surface area contributed by atoms with E-state index >= 15 is 0 Å². The number of aryl methyl sites for hydroxylation is 2. The molecular weight excluding hydrogens is 396 g/mol. The Balaban J connectivity index is 1.70. The molecule has 0 aliphatic heterocycles. The molecule has 0 radical (unpaired) electrons. The van der Waals surface area contributed by atoms with Crippen LogP contribution in [0.4, 0.5) is 11.4 Å². The highest BCUT2D eigenvalue weighted by Crippen LogP contribution is 2.19. The third-order valence-corrected chi connectivity index (χ3v) is 6.14. The maximum atomic E-state index is 12.6. The number of hydrogen-bond acceptors (Lipinski definition) is 3. The largest absolute Gasteiger partial charge is 0.322 e. The van der Waals surface area contributed by atoms with Gasteiger partial charge in [0.25, 0.3) is 15.9 Å². The second-order valence-electron chi connectivity index (χ2n) is 7.25. The van der Waals surface area contributed by atoms with Crippen molar-refractivity contribution in [1.29, 1.82) is 0 Å². The Bertz CT molecular complexity index is 1110. The molecule has 0 unspecified atom stereocenters. The normalized spacial score (nSPS) is 11.1. The summed E-state index contributed by atoms with van der Waals surface area (Å²) in [6.07, 6.45) is 3.30. The van der Waals surface area contributed by atoms with Gasteiger partial charge in [-0.2, -0.15) is 0 Å². The average Bonchev–Trinajstić information content (AvgIpc) is 2.73. The van der Waals surface area contributed by atoms with Crippen molar-refractivity contribution < 1.29 is 13.2 Å². The number of benzene rings is 3. The minimum atomic E-state index is -3.73. The van der Waals surface area contributed by atoms with Gasteiger partial charge in [-0.3, -0.25) is 9.52 Å². The van der Waals surface area contributed by atoms with Gasteiger partial charge in [0.05, 0.1) is 4.90 Å². The lowest BCUT2D eigenvalue weighted by molar-refractivity contribution is 0.102. The lowest BCUT2D eigenvalue weighted by Crippen LogP contribution is -2.15. The molecule has 3 rings (SSSR count). The number of sulfonamides is 1. The predicted molar refractivity (Wildman–Crippen MR) is 121 cm³/mol. The predicted octanol–water partition coefficient (Wildman–Crippen LogP) is 5.39. The standard InChI is InChI=1S/C24H26N2O3S/c1-3-4-6-19-11-13-21(14-12-19)25-24(27)20-7-5-8-22(17-20)26-30(28,29)23-15-9-18(2)10-16-23/h5,7-17,26H,3-4,6H2,1-2H3,(H,25,27). The zero-order valence-electron chi connectivity index (χ0n) is 17.2. The highest BCUT2D eigenvalue weighted by molar-refractivity contribution is 7.92. The van der Waals surface area contributed by atoms with Crippen molar-refractivity contribution in [3.63, 3.8) is 0 Å². The first-order valence-corrected chi connectivity index (χ1v) is 11.5. The summed E-state index contributed by atoms with van der Waals surface area (Å²) >= 11 is 0. The summed E-state index contributed by atoms with van der Waals surface area (Å²) in [5, 5.41) is 2.85. The van der Waals surface area contributed by atoms with Crippen LogP contribution in [0.3, 0.4) is 0 Å². The Morgan fingerprint density at radius 2 is 1.60 bits per heavy atom. The fourth-order valence-electron chi connectivity index (χ4n) is 2.99. The fourth-order valence-corrected chi connectivity index (χ4v) is 4.04. The molecule has 3 aromatic carbocycles. The Morgan fingerprint density at radius 1 is 0.900 bits per heavy atom. The quantitative estimate of drug-likeness (QED) is 0.511. The molecule has 0 aliphatic rings. The van der Waals surface area contributed by atoms with Gasteiger partial charge in [-0.05, 0) is 67.8 Å². The SMILES string of the molecule is CCCCc1ccc(NC(=O)c2cccc(NS(=O)(=O)c3ccc(C)cc3)c2)cc1. The summed E-state index contributed by atoms with van der Waals surface area (Å²) in [6, 6.07) is 20.8. The number of unbranched alkanes of at least 4 members (excludes halogenated alkanes) is 1. The first-order chi connectivity index (χ1) is 14.4. The molecule has 6 heteroatoms. The Hall–Kier alpha value is -3.12. The number of carbonyl (C=O) groups excluding carboxylic acids is 1. The zero-order chi connectivity index (χ0) is 21.6. The van der Waals surface area contributed by atoms with Crippen LogP contribution in [-0.2, 0) is 16.4 Å². The summed E-state index contributed by atoms with van der Waals surface area (Å²) in [5.41, 5.74) is 3.62. The van der Waals surface area contributed by atoms with Crippen molar-refractivity contribution in [2.24, 2.45) is 0 Å². The Labute approximate surface area is 178 Å². The molecule has 2 N–H and O–H groups in total. The highest BCUT2D eigenvalue weighted by Gasteiger charge is 2.15. The lowest BCUT2D eigenvalue weighted by atomic mass is 10.1. The van der Waals surface area contributed by atoms with Crippen LogP contribution >= 0.6 is 0 Å². The maximum Gasteiger partial charge on any atom is 0.261 e. The van der Waals surface area contributed by atoms with E-state index in [1.807, 2.05) is 31.2 Å². The van der Waals surface area contributed by atoms with Crippen molar-refractivity contribution in [2.75, 3.05) is 10.0 Å². The van der Waals surface area contributed by atoms with Crippen molar-refractivity contribution in [3.05, 3.63) is 89.5 Å². The van der Waals surface area contributed by atoms with Gasteiger partial charge in [0, 0.05) is 16.9 Å². The van der Waals surface area contributed by atoms with Crippen molar-refractivity contribution in [3.8, 4) is 0 Å². The van der Waals surface area contributed by atoms with E-state index in [1.54, 1.807) is 42.5 Å². The number of nitrogens with one attached hydrogen (secondary N) is 2. The smallest absolute Gasteiger partial charge is 0.261 e. The van der Waals surface area contributed by atoms with Crippen LogP contribution < -0.4 is 10.0 Å². The average molecular weight is 423 g/mol. The van der Waals surface area contributed by atoms with Crippen molar-refractivity contribution >= 4 is 27.3 Å². The number of amides is 1. The molecule has 0 saturated heterocycles. The topological polar surface area (TPSA) is 75.3 Å². The molecule has 3 aromatic rings. The zero-order valence-corrected chi connectivity index (χ0v) is 18.0. The highest BCUT2D eigenvalue weighted by atomic mass is 32.2. The van der Waals surface area contributed by atoms with Gasteiger partial charge in [0.15, 0.2) is 0 Å². The molecule has 156 valence electrons. The van der Waals surface area contributed by atoms with Gasteiger partial charge in [0.2, 0.25) is 0 Å². The number of carbonyl (C=O) groups is 1. The van der Waals surface area contributed by atoms with Crippen molar-refractivity contribution in [1.82, 2.24) is 0 Å². The molecule has 0 heterocycles. The minimum Gasteiger partial charge on any atom is -0.322 e. The molecular formula is C24H26N2O3S. The van der Waals surface area contributed by atoms with E-state index in [1.165, 1.54) is 11.6 Å². The Morgan fingerprint density at radius 3 is 2.27 bits per heavy atom. The van der Waals surface area contributed by atoms with Crippen LogP contribution in [0.2, 0.25) is 0 Å². The molecule has 0 aromatic heterocycles. The molecule has 0 atom stereocenters. The summed E-state index contributed by atoms with van der Waals surface area (Å²) in [7, 11) is -3.73. The molecule has 0 bridgehead atoms. The van der Waals surface area contributed by atoms with E-state index in [0.717, 1.165) is 24.8 Å². The summed E-state index contributed by atoms with van der Waals surface area (Å²) in [5.74, 6) is -0.298. The van der Waals surface area contributed by atoms with E-state index in [9.17, 15) is 13.2 Å². The molecule has 30 heavy (non-hydrogen) atoms. The van der Waals surface area contributed by atoms with Gasteiger partial charge in [-0.1, -0.05) is 49.2 Å². The first kappa shape index (κ1) is 21.6. The van der Waals surface area contributed by atoms with E-state index < -0.39 is 10.0 Å². The van der Waals surface area contributed by atoms with Gasteiger partial charge >= 0.3 is 0 Å². The van der Waals surface area contributed by atoms with Crippen LogP contribution in [0.15, 0.2) is 77.7 Å². The molecule has 0 fully saturated rings. The second kappa shape index (κ2) is 9.59. The van der Waals surface area contributed by atoms with Crippen molar-refractivity contribution in [2.45, 2.75) is 38.0 Å². The number of anilines is 2. The van der Waals surface area contributed by atoms with Gasteiger partial charge < -0.3 is 5.32 Å². The van der Waals surface area contributed by atoms with Gasteiger partial charge in [0.1, 0.15) is 0 Å². The van der Waals surface area contributed by atoms with E-state index in [-0.39, 0.29) is 10.8 Å². The maximum absolute atomic E-state index is 12.6. The third kappa shape index (κ3) is 5.70. The summed E-state index contributed by atoms with van der Waals surface area (Å²) in [6.45, 7) is 4.05. The van der Waals surface area contributed by atoms with Crippen LogP contribution in [-0.4, -0.2) is 14.3 Å². The van der Waals surface area contributed by atoms with Crippen LogP contribution in [0, 0.1) is 6.92 Å². The molecule has 5 nitrogen and oxygen atoms in total. The third-order valence-electron chi connectivity index (χ3n) is 4.74. The molecule has 0 spiro atoms. The monoisotopic (exact) mass is 422 g/mol. The second-order valence-corrected chi connectivity index (χ2v) is 8.94. The minimum absolute atomic E-state index is 0.172. The Kier molecular flexibility index (Phi) is 6.90. The van der Waals surface area contributed by atoms with Gasteiger partial charge in [-0.25, -0.2) is 8.42 Å². The van der Waals surface area contributed by atoms with Gasteiger partial charge in [-0.15, -0.1) is 0 Å². The summed E-state index contributed by atoms with van der Waals surface area (Å²) in [4.78, 5) is 12.8.